The molecule has 1 saturated heterocycles. The minimum atomic E-state index is -3.77. The number of hydrogen-bond acceptors (Lipinski definition) is 6. The number of nitrogens with zero attached hydrogens (tertiary/aromatic N) is 3. The number of sulfonamides is 1. The molecule has 0 unspecified atom stereocenters. The summed E-state index contributed by atoms with van der Waals surface area (Å²) in [5.74, 6) is 0.962. The zero-order chi connectivity index (χ0) is 23.6. The topological polar surface area (TPSA) is 105 Å². The molecule has 174 valence electrons. The highest BCUT2D eigenvalue weighted by atomic mass is 32.2. The van der Waals surface area contributed by atoms with Gasteiger partial charge in [-0.3, -0.25) is 4.79 Å². The van der Waals surface area contributed by atoms with Crippen molar-refractivity contribution in [3.8, 4) is 11.4 Å². The van der Waals surface area contributed by atoms with Crippen molar-refractivity contribution in [1.29, 1.82) is 0 Å². The first kappa shape index (κ1) is 23.1. The molecule has 0 bridgehead atoms. The van der Waals surface area contributed by atoms with E-state index in [9.17, 15) is 13.2 Å². The van der Waals surface area contributed by atoms with Gasteiger partial charge in [-0.05, 0) is 45.7 Å². The molecule has 2 aromatic carbocycles. The van der Waals surface area contributed by atoms with Gasteiger partial charge in [-0.25, -0.2) is 8.42 Å². The zero-order valence-corrected chi connectivity index (χ0v) is 19.8. The molecule has 0 aliphatic carbocycles. The third-order valence-electron chi connectivity index (χ3n) is 5.94. The number of aromatic nitrogens is 2. The van der Waals surface area contributed by atoms with Gasteiger partial charge in [0.1, 0.15) is 0 Å². The number of amides is 1. The van der Waals surface area contributed by atoms with E-state index in [4.69, 9.17) is 4.52 Å². The molecule has 1 atom stereocenters. The van der Waals surface area contributed by atoms with Crippen LogP contribution in [0, 0.1) is 13.8 Å². The van der Waals surface area contributed by atoms with Crippen molar-refractivity contribution in [1.82, 2.24) is 19.8 Å². The summed E-state index contributed by atoms with van der Waals surface area (Å²) in [7, 11) is -3.77. The lowest BCUT2D eigenvalue weighted by Crippen LogP contribution is -2.49. The van der Waals surface area contributed by atoms with Gasteiger partial charge in [0, 0.05) is 24.6 Å². The van der Waals surface area contributed by atoms with Gasteiger partial charge in [-0.15, -0.1) is 0 Å². The second-order valence-electron chi connectivity index (χ2n) is 8.58. The smallest absolute Gasteiger partial charge is 0.241 e. The third-order valence-corrected chi connectivity index (χ3v) is 7.50. The van der Waals surface area contributed by atoms with Crippen molar-refractivity contribution in [2.45, 2.75) is 50.5 Å². The lowest BCUT2D eigenvalue weighted by molar-refractivity contribution is -0.133. The molecule has 2 heterocycles. The van der Waals surface area contributed by atoms with Crippen molar-refractivity contribution < 1.29 is 17.7 Å². The molecular weight excluding hydrogens is 440 g/mol. The molecule has 1 aliphatic heterocycles. The summed E-state index contributed by atoms with van der Waals surface area (Å²) in [6, 6.07) is 13.6. The summed E-state index contributed by atoms with van der Waals surface area (Å²) in [5.41, 5.74) is 3.03. The van der Waals surface area contributed by atoms with E-state index in [1.807, 2.05) is 38.1 Å². The Morgan fingerprint density at radius 1 is 1.03 bits per heavy atom. The number of piperidine rings is 1. The minimum Gasteiger partial charge on any atom is -0.341 e. The van der Waals surface area contributed by atoms with Crippen LogP contribution in [0.4, 0.5) is 0 Å². The molecule has 33 heavy (non-hydrogen) atoms. The highest BCUT2D eigenvalue weighted by Crippen LogP contribution is 2.29. The summed E-state index contributed by atoms with van der Waals surface area (Å²) in [4.78, 5) is 19.3. The average Bonchev–Trinajstić information content (AvgIpc) is 3.29. The molecular formula is C24H28N4O4S. The monoisotopic (exact) mass is 468 g/mol. The number of likely N-dealkylation sites (tertiary alicyclic amines) is 1. The Hall–Kier alpha value is -3.04. The first-order valence-electron chi connectivity index (χ1n) is 11.0. The van der Waals surface area contributed by atoms with Crippen LogP contribution >= 0.6 is 0 Å². The summed E-state index contributed by atoms with van der Waals surface area (Å²) in [6.07, 6.45) is 1.36. The lowest BCUT2D eigenvalue weighted by Gasteiger charge is -2.32. The number of hydrogen-bond donors (Lipinski definition) is 1. The molecule has 1 fully saturated rings. The summed E-state index contributed by atoms with van der Waals surface area (Å²) in [5, 5.41) is 4.10. The molecule has 4 rings (SSSR count). The van der Waals surface area contributed by atoms with Crippen LogP contribution in [0.15, 0.2) is 57.9 Å². The van der Waals surface area contributed by atoms with Crippen LogP contribution in [-0.4, -0.2) is 48.5 Å². The lowest BCUT2D eigenvalue weighted by atomic mass is 9.96. The molecule has 1 aliphatic rings. The van der Waals surface area contributed by atoms with E-state index in [1.54, 1.807) is 24.0 Å². The number of benzene rings is 2. The van der Waals surface area contributed by atoms with E-state index in [-0.39, 0.29) is 16.7 Å². The average molecular weight is 469 g/mol. The Balaban J connectivity index is 1.34. The molecule has 1 aromatic heterocycles. The Bertz CT molecular complexity index is 1210. The van der Waals surface area contributed by atoms with E-state index in [0.717, 1.165) is 16.7 Å². The fourth-order valence-electron chi connectivity index (χ4n) is 3.91. The molecule has 9 heteroatoms. The van der Waals surface area contributed by atoms with Crippen molar-refractivity contribution in [2.24, 2.45) is 0 Å². The number of rotatable bonds is 6. The number of carbonyl (C=O) groups excluding carboxylic acids is 1. The molecule has 8 nitrogen and oxygen atoms in total. The second kappa shape index (κ2) is 9.44. The first-order valence-corrected chi connectivity index (χ1v) is 12.5. The van der Waals surface area contributed by atoms with Crippen LogP contribution in [0.1, 0.15) is 42.7 Å². The maximum absolute atomic E-state index is 12.9. The predicted octanol–water partition coefficient (Wildman–Crippen LogP) is 3.43. The van der Waals surface area contributed by atoms with E-state index >= 15 is 0 Å². The fourth-order valence-corrected chi connectivity index (χ4v) is 5.11. The van der Waals surface area contributed by atoms with Gasteiger partial charge in [-0.2, -0.15) is 9.71 Å². The SMILES string of the molecule is Cc1ccc(-c2noc(C3CCN(C(=O)[C@H](C)NS(=O)(=O)c4ccc(C)cc4)CC3)n2)cc1. The number of carbonyl (C=O) groups is 1. The van der Waals surface area contributed by atoms with Crippen LogP contribution in [0.3, 0.4) is 0 Å². The molecule has 3 aromatic rings. The first-order chi connectivity index (χ1) is 15.7. The molecule has 1 N–H and O–H groups in total. The summed E-state index contributed by atoms with van der Waals surface area (Å²) >= 11 is 0. The number of nitrogens with one attached hydrogen (secondary N) is 1. The van der Waals surface area contributed by atoms with Gasteiger partial charge in [0.2, 0.25) is 27.6 Å². The van der Waals surface area contributed by atoms with Gasteiger partial charge < -0.3 is 9.42 Å². The summed E-state index contributed by atoms with van der Waals surface area (Å²) < 4.78 is 33.2. The van der Waals surface area contributed by atoms with Crippen LogP contribution in [0.5, 0.6) is 0 Å². The van der Waals surface area contributed by atoms with Gasteiger partial charge in [0.25, 0.3) is 0 Å². The normalized spacial score (nSPS) is 16.0. The standard InChI is InChI=1S/C24H28N4O4S/c1-16-4-8-19(9-5-16)22-25-23(32-26-22)20-12-14-28(15-13-20)24(29)18(3)27-33(30,31)21-10-6-17(2)7-11-21/h4-11,18,20,27H,12-15H2,1-3H3/t18-/m0/s1. The highest BCUT2D eigenvalue weighted by molar-refractivity contribution is 7.89. The number of aryl methyl sites for hydroxylation is 2. The van der Waals surface area contributed by atoms with Crippen molar-refractivity contribution in [2.75, 3.05) is 13.1 Å². The van der Waals surface area contributed by atoms with Gasteiger partial charge in [-0.1, -0.05) is 52.7 Å². The van der Waals surface area contributed by atoms with E-state index in [2.05, 4.69) is 14.9 Å². The zero-order valence-electron chi connectivity index (χ0n) is 19.0. The Morgan fingerprint density at radius 2 is 1.61 bits per heavy atom. The van der Waals surface area contributed by atoms with E-state index in [1.165, 1.54) is 12.1 Å². The third kappa shape index (κ3) is 5.31. The Kier molecular flexibility index (Phi) is 6.62. The van der Waals surface area contributed by atoms with Crippen LogP contribution < -0.4 is 4.72 Å². The summed E-state index contributed by atoms with van der Waals surface area (Å²) in [6.45, 7) is 6.49. The van der Waals surface area contributed by atoms with Crippen molar-refractivity contribution >= 4 is 15.9 Å². The quantitative estimate of drug-likeness (QED) is 0.594. The molecule has 0 saturated carbocycles. The van der Waals surface area contributed by atoms with Crippen molar-refractivity contribution in [3.63, 3.8) is 0 Å². The Morgan fingerprint density at radius 3 is 2.21 bits per heavy atom. The van der Waals surface area contributed by atoms with Gasteiger partial charge >= 0.3 is 0 Å². The largest absolute Gasteiger partial charge is 0.341 e. The van der Waals surface area contributed by atoms with Gasteiger partial charge in [0.05, 0.1) is 10.9 Å². The molecule has 0 spiro atoms. The van der Waals surface area contributed by atoms with Crippen LogP contribution in [-0.2, 0) is 14.8 Å². The van der Waals surface area contributed by atoms with Crippen molar-refractivity contribution in [3.05, 3.63) is 65.5 Å². The van der Waals surface area contributed by atoms with Crippen LogP contribution in [0.2, 0.25) is 0 Å². The molecule has 0 radical (unpaired) electrons. The molecule has 1 amide bonds. The van der Waals surface area contributed by atoms with Crippen LogP contribution in [0.25, 0.3) is 11.4 Å². The van der Waals surface area contributed by atoms with E-state index in [0.29, 0.717) is 37.6 Å². The maximum atomic E-state index is 12.9. The minimum absolute atomic E-state index is 0.0697. The highest BCUT2D eigenvalue weighted by Gasteiger charge is 2.31. The van der Waals surface area contributed by atoms with E-state index < -0.39 is 16.1 Å². The maximum Gasteiger partial charge on any atom is 0.241 e. The predicted molar refractivity (Wildman–Crippen MR) is 124 cm³/mol. The van der Waals surface area contributed by atoms with Gasteiger partial charge in [0.15, 0.2) is 0 Å². The fraction of sp³-hybridized carbons (Fsp3) is 0.375. The Labute approximate surface area is 194 Å². The second-order valence-corrected chi connectivity index (χ2v) is 10.3.